The van der Waals surface area contributed by atoms with E-state index in [2.05, 4.69) is 10.0 Å². The molecule has 3 amide bonds. The van der Waals surface area contributed by atoms with Gasteiger partial charge in [0.25, 0.3) is 5.91 Å². The Morgan fingerprint density at radius 1 is 1.07 bits per heavy atom. The van der Waals surface area contributed by atoms with Gasteiger partial charge in [-0.25, -0.2) is 13.1 Å². The zero-order valence-electron chi connectivity index (χ0n) is 15.1. The molecular weight excluding hydrogens is 382 g/mol. The number of fused-ring (bicyclic) bond motifs is 1. The van der Waals surface area contributed by atoms with Crippen molar-refractivity contribution in [1.29, 1.82) is 0 Å². The highest BCUT2D eigenvalue weighted by Crippen LogP contribution is 2.20. The monoisotopic (exact) mass is 401 g/mol. The molecule has 1 heterocycles. The Hall–Kier alpha value is -3.04. The zero-order valence-corrected chi connectivity index (χ0v) is 16.0. The first-order chi connectivity index (χ1) is 13.3. The van der Waals surface area contributed by atoms with Gasteiger partial charge in [0.1, 0.15) is 0 Å². The molecule has 0 spiro atoms. The van der Waals surface area contributed by atoms with Gasteiger partial charge in [-0.1, -0.05) is 18.2 Å². The van der Waals surface area contributed by atoms with Crippen LogP contribution in [0.25, 0.3) is 0 Å². The van der Waals surface area contributed by atoms with Crippen LogP contribution in [0.1, 0.15) is 22.3 Å². The maximum atomic E-state index is 12.5. The minimum absolute atomic E-state index is 0.0238. The summed E-state index contributed by atoms with van der Waals surface area (Å²) in [6.45, 7) is -0.0238. The van der Waals surface area contributed by atoms with E-state index in [1.165, 1.54) is 31.3 Å². The summed E-state index contributed by atoms with van der Waals surface area (Å²) >= 11 is 0. The molecule has 0 saturated carbocycles. The Labute approximate surface area is 162 Å². The van der Waals surface area contributed by atoms with Crippen LogP contribution in [0.5, 0.6) is 0 Å². The number of carbonyl (C=O) groups excluding carboxylic acids is 3. The average Bonchev–Trinajstić information content (AvgIpc) is 2.68. The predicted molar refractivity (Wildman–Crippen MR) is 102 cm³/mol. The van der Waals surface area contributed by atoms with Gasteiger partial charge in [-0.2, -0.15) is 0 Å². The van der Waals surface area contributed by atoms with E-state index in [1.54, 1.807) is 24.3 Å². The molecule has 0 radical (unpaired) electrons. The van der Waals surface area contributed by atoms with Crippen LogP contribution in [-0.4, -0.2) is 44.6 Å². The average molecular weight is 401 g/mol. The normalized spacial score (nSPS) is 14.0. The SMILES string of the molecule is CNS(=O)(=O)c1ccc(NC(=O)CCN2C(=O)Cc3ccccc3C2=O)cc1. The summed E-state index contributed by atoms with van der Waals surface area (Å²) in [6, 6.07) is 12.6. The quantitative estimate of drug-likeness (QED) is 0.705. The fraction of sp³-hybridized carbons (Fsp3) is 0.211. The number of nitrogens with zero attached hydrogens (tertiary/aromatic N) is 1. The van der Waals surface area contributed by atoms with Crippen molar-refractivity contribution in [3.63, 3.8) is 0 Å². The van der Waals surface area contributed by atoms with Crippen LogP contribution in [0.2, 0.25) is 0 Å². The lowest BCUT2D eigenvalue weighted by atomic mass is 9.98. The summed E-state index contributed by atoms with van der Waals surface area (Å²) in [5.74, 6) is -1.12. The van der Waals surface area contributed by atoms with Gasteiger partial charge in [0.05, 0.1) is 11.3 Å². The Kier molecular flexibility index (Phi) is 5.57. The lowest BCUT2D eigenvalue weighted by Crippen LogP contribution is -2.43. The number of anilines is 1. The van der Waals surface area contributed by atoms with Crippen molar-refractivity contribution in [1.82, 2.24) is 9.62 Å². The second-order valence-corrected chi connectivity index (χ2v) is 8.10. The van der Waals surface area contributed by atoms with E-state index >= 15 is 0 Å². The lowest BCUT2D eigenvalue weighted by Gasteiger charge is -2.26. The molecule has 146 valence electrons. The zero-order chi connectivity index (χ0) is 20.3. The number of rotatable bonds is 6. The van der Waals surface area contributed by atoms with E-state index < -0.39 is 15.9 Å². The van der Waals surface area contributed by atoms with Crippen molar-refractivity contribution in [2.24, 2.45) is 0 Å². The van der Waals surface area contributed by atoms with Gasteiger partial charge in [0.2, 0.25) is 21.8 Å². The van der Waals surface area contributed by atoms with Crippen molar-refractivity contribution in [3.8, 4) is 0 Å². The third-order valence-corrected chi connectivity index (χ3v) is 5.85. The smallest absolute Gasteiger partial charge is 0.260 e. The number of carbonyl (C=O) groups is 3. The summed E-state index contributed by atoms with van der Waals surface area (Å²) in [6.07, 6.45) is 0.0706. The maximum Gasteiger partial charge on any atom is 0.260 e. The Bertz CT molecular complexity index is 1030. The second kappa shape index (κ2) is 7.91. The van der Waals surface area contributed by atoms with Crippen LogP contribution < -0.4 is 10.0 Å². The van der Waals surface area contributed by atoms with E-state index in [-0.39, 0.29) is 36.1 Å². The number of hydrogen-bond acceptors (Lipinski definition) is 5. The van der Waals surface area contributed by atoms with Gasteiger partial charge in [-0.15, -0.1) is 0 Å². The van der Waals surface area contributed by atoms with Crippen LogP contribution in [0.3, 0.4) is 0 Å². The molecular formula is C19H19N3O5S. The Morgan fingerprint density at radius 3 is 2.43 bits per heavy atom. The van der Waals surface area contributed by atoms with Gasteiger partial charge in [0, 0.05) is 24.2 Å². The van der Waals surface area contributed by atoms with Gasteiger partial charge in [0.15, 0.2) is 0 Å². The molecule has 8 nitrogen and oxygen atoms in total. The number of imide groups is 1. The Morgan fingerprint density at radius 2 is 1.75 bits per heavy atom. The van der Waals surface area contributed by atoms with Crippen molar-refractivity contribution in [2.45, 2.75) is 17.7 Å². The summed E-state index contributed by atoms with van der Waals surface area (Å²) in [7, 11) is -2.24. The van der Waals surface area contributed by atoms with Crippen molar-refractivity contribution in [2.75, 3.05) is 18.9 Å². The summed E-state index contributed by atoms with van der Waals surface area (Å²) in [4.78, 5) is 38.0. The highest BCUT2D eigenvalue weighted by Gasteiger charge is 2.30. The van der Waals surface area contributed by atoms with E-state index in [0.717, 1.165) is 4.90 Å². The minimum Gasteiger partial charge on any atom is -0.326 e. The van der Waals surface area contributed by atoms with Crippen LogP contribution in [-0.2, 0) is 26.0 Å². The molecule has 3 rings (SSSR count). The second-order valence-electron chi connectivity index (χ2n) is 6.21. The molecule has 0 bridgehead atoms. The first-order valence-electron chi connectivity index (χ1n) is 8.58. The number of benzene rings is 2. The van der Waals surface area contributed by atoms with Gasteiger partial charge >= 0.3 is 0 Å². The van der Waals surface area contributed by atoms with E-state index in [1.807, 2.05) is 0 Å². The predicted octanol–water partition coefficient (Wildman–Crippen LogP) is 1.15. The third-order valence-electron chi connectivity index (χ3n) is 4.42. The molecule has 0 atom stereocenters. The first-order valence-corrected chi connectivity index (χ1v) is 10.1. The molecule has 9 heteroatoms. The number of sulfonamides is 1. The van der Waals surface area contributed by atoms with Gasteiger partial charge < -0.3 is 5.32 Å². The maximum absolute atomic E-state index is 12.5. The van der Waals surface area contributed by atoms with Crippen LogP contribution >= 0.6 is 0 Å². The Balaban J connectivity index is 1.60. The summed E-state index contributed by atoms with van der Waals surface area (Å²) in [5.41, 5.74) is 1.58. The van der Waals surface area contributed by atoms with E-state index in [0.29, 0.717) is 16.8 Å². The van der Waals surface area contributed by atoms with Gasteiger partial charge in [-0.3, -0.25) is 19.3 Å². The van der Waals surface area contributed by atoms with E-state index in [4.69, 9.17) is 0 Å². The molecule has 1 aliphatic rings. The van der Waals surface area contributed by atoms with E-state index in [9.17, 15) is 22.8 Å². The first kappa shape index (κ1) is 19.7. The number of hydrogen-bond donors (Lipinski definition) is 2. The van der Waals surface area contributed by atoms with Crippen LogP contribution in [0.4, 0.5) is 5.69 Å². The largest absolute Gasteiger partial charge is 0.326 e. The molecule has 0 aromatic heterocycles. The summed E-state index contributed by atoms with van der Waals surface area (Å²) < 4.78 is 25.6. The lowest BCUT2D eigenvalue weighted by molar-refractivity contribution is -0.128. The highest BCUT2D eigenvalue weighted by molar-refractivity contribution is 7.89. The number of nitrogens with one attached hydrogen (secondary N) is 2. The molecule has 1 aliphatic heterocycles. The fourth-order valence-electron chi connectivity index (χ4n) is 2.90. The molecule has 0 unspecified atom stereocenters. The third kappa shape index (κ3) is 4.10. The van der Waals surface area contributed by atoms with Crippen molar-refractivity contribution in [3.05, 3.63) is 59.7 Å². The number of amides is 3. The molecule has 0 saturated heterocycles. The fourth-order valence-corrected chi connectivity index (χ4v) is 3.63. The standard InChI is InChI=1S/C19H19N3O5S/c1-20-28(26,27)15-8-6-14(7-9-15)21-17(23)10-11-22-18(24)12-13-4-2-3-5-16(13)19(22)25/h2-9,20H,10-12H2,1H3,(H,21,23). The molecule has 2 aromatic rings. The van der Waals surface area contributed by atoms with Gasteiger partial charge in [-0.05, 0) is 42.9 Å². The minimum atomic E-state index is -3.55. The van der Waals surface area contributed by atoms with Crippen molar-refractivity contribution >= 4 is 33.4 Å². The molecule has 0 aliphatic carbocycles. The van der Waals surface area contributed by atoms with Crippen molar-refractivity contribution < 1.29 is 22.8 Å². The summed E-state index contributed by atoms with van der Waals surface area (Å²) in [5, 5.41) is 2.62. The topological polar surface area (TPSA) is 113 Å². The molecule has 2 N–H and O–H groups in total. The van der Waals surface area contributed by atoms with Crippen LogP contribution in [0, 0.1) is 0 Å². The highest BCUT2D eigenvalue weighted by atomic mass is 32.2. The molecule has 0 fully saturated rings. The van der Waals surface area contributed by atoms with Crippen LogP contribution in [0.15, 0.2) is 53.4 Å². The molecule has 28 heavy (non-hydrogen) atoms. The molecule has 2 aromatic carbocycles.